The van der Waals surface area contributed by atoms with Gasteiger partial charge in [0.1, 0.15) is 0 Å². The van der Waals surface area contributed by atoms with Crippen LogP contribution in [-0.4, -0.2) is 33.2 Å². The van der Waals surface area contributed by atoms with E-state index >= 15 is 0 Å². The minimum Gasteiger partial charge on any atom is -0.338 e. The number of amides is 1. The number of nitrogens with zero attached hydrogens (tertiary/aromatic N) is 3. The Morgan fingerprint density at radius 3 is 2.46 bits per heavy atom. The average Bonchev–Trinajstić information content (AvgIpc) is 2.89. The molecule has 5 nitrogen and oxygen atoms in total. The Balaban J connectivity index is 0.00000144. The molecule has 2 aliphatic rings. The maximum absolute atomic E-state index is 12.9. The van der Waals surface area contributed by atoms with Crippen molar-refractivity contribution in [1.82, 2.24) is 14.7 Å². The molecule has 0 radical (unpaired) electrons. The predicted molar refractivity (Wildman–Crippen MR) is 100 cm³/mol. The van der Waals surface area contributed by atoms with Crippen LogP contribution < -0.4 is 5.73 Å². The summed E-state index contributed by atoms with van der Waals surface area (Å²) in [6.07, 6.45) is 9.51. The van der Waals surface area contributed by atoms with Crippen LogP contribution in [0.1, 0.15) is 44.6 Å². The molecule has 0 saturated heterocycles. The van der Waals surface area contributed by atoms with E-state index in [0.29, 0.717) is 30.3 Å². The van der Waals surface area contributed by atoms with Crippen molar-refractivity contribution < 1.29 is 4.79 Å². The highest BCUT2D eigenvalue weighted by atomic mass is 35.5. The second kappa shape index (κ2) is 9.07. The highest BCUT2D eigenvalue weighted by Gasteiger charge is 2.41. The monoisotopic (exact) mass is 376 g/mol. The second-order valence-corrected chi connectivity index (χ2v) is 7.07. The number of hydrogen-bond donors (Lipinski definition) is 1. The van der Waals surface area contributed by atoms with E-state index in [-0.39, 0.29) is 30.7 Å². The minimum atomic E-state index is 0. The molecule has 1 aromatic heterocycles. The van der Waals surface area contributed by atoms with Crippen LogP contribution in [0.4, 0.5) is 0 Å². The summed E-state index contributed by atoms with van der Waals surface area (Å²) in [6.45, 7) is 3.48. The Labute approximate surface area is 157 Å². The lowest BCUT2D eigenvalue weighted by atomic mass is 9.65. The Morgan fingerprint density at radius 2 is 1.96 bits per heavy atom. The summed E-state index contributed by atoms with van der Waals surface area (Å²) < 4.78 is 1.79. The number of aromatic nitrogens is 2. The molecule has 0 spiro atoms. The first-order valence-corrected chi connectivity index (χ1v) is 8.60. The molecule has 2 atom stereocenters. The van der Waals surface area contributed by atoms with Gasteiger partial charge in [-0.05, 0) is 44.4 Å². The molecule has 138 valence electrons. The first-order valence-electron chi connectivity index (χ1n) is 8.60. The summed E-state index contributed by atoms with van der Waals surface area (Å²) in [5.74, 6) is 1.60. The molecule has 0 aliphatic heterocycles. The summed E-state index contributed by atoms with van der Waals surface area (Å²) in [7, 11) is 1.91. The van der Waals surface area contributed by atoms with E-state index in [1.807, 2.05) is 24.3 Å². The number of carbonyl (C=O) groups excluding carboxylic acids is 1. The number of rotatable bonds is 4. The number of halogens is 2. The first kappa shape index (κ1) is 21.3. The van der Waals surface area contributed by atoms with Crippen LogP contribution in [0.2, 0.25) is 0 Å². The lowest BCUT2D eigenvalue weighted by Crippen LogP contribution is -2.49. The van der Waals surface area contributed by atoms with Gasteiger partial charge in [-0.25, -0.2) is 0 Å². The van der Waals surface area contributed by atoms with E-state index in [4.69, 9.17) is 5.73 Å². The number of carbonyl (C=O) groups is 1. The molecule has 2 bridgehead atoms. The minimum absolute atomic E-state index is 0. The first-order chi connectivity index (χ1) is 10.6. The molecule has 2 N–H and O–H groups in total. The van der Waals surface area contributed by atoms with Crippen molar-refractivity contribution in [2.24, 2.45) is 30.5 Å². The zero-order chi connectivity index (χ0) is 15.7. The average molecular weight is 377 g/mol. The van der Waals surface area contributed by atoms with Crippen molar-refractivity contribution in [3.8, 4) is 0 Å². The zero-order valence-electron chi connectivity index (χ0n) is 14.6. The van der Waals surface area contributed by atoms with Crippen molar-refractivity contribution in [1.29, 1.82) is 0 Å². The molecule has 7 heteroatoms. The van der Waals surface area contributed by atoms with E-state index < -0.39 is 0 Å². The van der Waals surface area contributed by atoms with Gasteiger partial charge in [0, 0.05) is 43.9 Å². The summed E-state index contributed by atoms with van der Waals surface area (Å²) in [5, 5.41) is 4.19. The van der Waals surface area contributed by atoms with Crippen LogP contribution in [-0.2, 0) is 18.4 Å². The quantitative estimate of drug-likeness (QED) is 0.878. The van der Waals surface area contributed by atoms with Crippen LogP contribution in [0.3, 0.4) is 0 Å². The third-order valence-corrected chi connectivity index (χ3v) is 5.59. The Kier molecular flexibility index (Phi) is 8.03. The maximum atomic E-state index is 12.9. The van der Waals surface area contributed by atoms with E-state index in [2.05, 4.69) is 12.0 Å². The van der Waals surface area contributed by atoms with Gasteiger partial charge in [0.15, 0.2) is 0 Å². The highest BCUT2D eigenvalue weighted by Crippen LogP contribution is 2.42. The van der Waals surface area contributed by atoms with E-state index in [9.17, 15) is 4.79 Å². The standard InChI is InChI=1S/C17H28N4O.2ClH/c1-3-21(11-12-9-19-20(2)10-12)17(22)15-7-13-5-4-6-14(8-15)16(13)18;;/h9-10,13-16H,3-8,11,18H2,1-2H3;2*1H. The van der Waals surface area contributed by atoms with Crippen LogP contribution >= 0.6 is 24.8 Å². The molecule has 1 amide bonds. The number of fused-ring (bicyclic) bond motifs is 2. The van der Waals surface area contributed by atoms with Gasteiger partial charge < -0.3 is 10.6 Å². The van der Waals surface area contributed by atoms with Gasteiger partial charge in [-0.2, -0.15) is 5.10 Å². The van der Waals surface area contributed by atoms with Gasteiger partial charge in [-0.1, -0.05) is 6.42 Å². The number of nitrogens with two attached hydrogens (primary N) is 1. The van der Waals surface area contributed by atoms with Crippen LogP contribution in [0.25, 0.3) is 0 Å². The molecule has 2 unspecified atom stereocenters. The van der Waals surface area contributed by atoms with Crippen LogP contribution in [0.15, 0.2) is 12.4 Å². The van der Waals surface area contributed by atoms with Gasteiger partial charge in [0.05, 0.1) is 6.20 Å². The summed E-state index contributed by atoms with van der Waals surface area (Å²) in [5.41, 5.74) is 7.45. The highest BCUT2D eigenvalue weighted by molar-refractivity contribution is 5.85. The normalized spacial score (nSPS) is 28.5. The van der Waals surface area contributed by atoms with Crippen molar-refractivity contribution in [3.05, 3.63) is 18.0 Å². The molecule has 2 aliphatic carbocycles. The van der Waals surface area contributed by atoms with Gasteiger partial charge in [-0.3, -0.25) is 9.48 Å². The van der Waals surface area contributed by atoms with Crippen LogP contribution in [0, 0.1) is 17.8 Å². The molecule has 0 aromatic carbocycles. The fraction of sp³-hybridized carbons (Fsp3) is 0.765. The molecule has 1 aromatic rings. The lowest BCUT2D eigenvalue weighted by molar-refractivity contribution is -0.139. The SMILES string of the molecule is CCN(Cc1cnn(C)c1)C(=O)C1CC2CCCC(C1)C2N.Cl.Cl. The zero-order valence-corrected chi connectivity index (χ0v) is 16.2. The molecular formula is C17H30Cl2N4O. The van der Waals surface area contributed by atoms with E-state index in [0.717, 1.165) is 24.9 Å². The van der Waals surface area contributed by atoms with Crippen molar-refractivity contribution >= 4 is 30.7 Å². The molecule has 24 heavy (non-hydrogen) atoms. The van der Waals surface area contributed by atoms with Gasteiger partial charge in [0.2, 0.25) is 5.91 Å². The van der Waals surface area contributed by atoms with Gasteiger partial charge >= 0.3 is 0 Å². The Morgan fingerprint density at radius 1 is 1.33 bits per heavy atom. The maximum Gasteiger partial charge on any atom is 0.225 e. The Bertz CT molecular complexity index is 522. The lowest BCUT2D eigenvalue weighted by Gasteiger charge is -2.44. The molecule has 2 saturated carbocycles. The molecule has 1 heterocycles. The predicted octanol–water partition coefficient (Wildman–Crippen LogP) is 2.77. The fourth-order valence-corrected chi connectivity index (χ4v) is 4.37. The van der Waals surface area contributed by atoms with Gasteiger partial charge in [-0.15, -0.1) is 24.8 Å². The smallest absolute Gasteiger partial charge is 0.225 e. The van der Waals surface area contributed by atoms with Gasteiger partial charge in [0.25, 0.3) is 0 Å². The van der Waals surface area contributed by atoms with E-state index in [1.54, 1.807) is 4.68 Å². The summed E-state index contributed by atoms with van der Waals surface area (Å²) in [4.78, 5) is 14.9. The second-order valence-electron chi connectivity index (χ2n) is 7.07. The van der Waals surface area contributed by atoms with Crippen molar-refractivity contribution in [2.75, 3.05) is 6.54 Å². The molecule has 2 fully saturated rings. The summed E-state index contributed by atoms with van der Waals surface area (Å²) in [6, 6.07) is 0.325. The largest absolute Gasteiger partial charge is 0.338 e. The third kappa shape index (κ3) is 4.44. The van der Waals surface area contributed by atoms with Crippen molar-refractivity contribution in [3.63, 3.8) is 0 Å². The third-order valence-electron chi connectivity index (χ3n) is 5.59. The Hall–Kier alpha value is -0.780. The number of aryl methyl sites for hydroxylation is 1. The summed E-state index contributed by atoms with van der Waals surface area (Å²) >= 11 is 0. The fourth-order valence-electron chi connectivity index (χ4n) is 4.37. The van der Waals surface area contributed by atoms with Crippen LogP contribution in [0.5, 0.6) is 0 Å². The topological polar surface area (TPSA) is 64.2 Å². The molecular weight excluding hydrogens is 347 g/mol. The van der Waals surface area contributed by atoms with Crippen molar-refractivity contribution in [2.45, 2.75) is 51.6 Å². The van der Waals surface area contributed by atoms with E-state index in [1.165, 1.54) is 19.3 Å². The molecule has 3 rings (SSSR count). The number of hydrogen-bond acceptors (Lipinski definition) is 3.